The third-order valence-electron chi connectivity index (χ3n) is 4.04. The van der Waals surface area contributed by atoms with Crippen LogP contribution in [-0.4, -0.2) is 44.0 Å². The van der Waals surface area contributed by atoms with Gasteiger partial charge in [0.2, 0.25) is 11.8 Å². The molecule has 0 aliphatic rings. The number of amides is 2. The van der Waals surface area contributed by atoms with Crippen molar-refractivity contribution in [3.8, 4) is 11.5 Å². The second-order valence-corrected chi connectivity index (χ2v) is 6.85. The van der Waals surface area contributed by atoms with E-state index in [0.717, 1.165) is 11.3 Å². The first-order valence-electron chi connectivity index (χ1n) is 8.96. The molecule has 2 rings (SSSR count). The SMILES string of the molecule is COc1ccc(Cl)cc1NC(=O)CN(C)C(=O)CCCOc1cccc(C)c1. The number of carbonyl (C=O) groups is 2. The van der Waals surface area contributed by atoms with E-state index in [1.165, 1.54) is 12.0 Å². The quantitative estimate of drug-likeness (QED) is 0.643. The molecule has 0 aliphatic heterocycles. The summed E-state index contributed by atoms with van der Waals surface area (Å²) in [4.78, 5) is 25.8. The fraction of sp³-hybridized carbons (Fsp3) is 0.333. The van der Waals surface area contributed by atoms with Gasteiger partial charge in [-0.15, -0.1) is 0 Å². The molecule has 28 heavy (non-hydrogen) atoms. The molecule has 0 saturated heterocycles. The lowest BCUT2D eigenvalue weighted by molar-refractivity contribution is -0.133. The number of nitrogens with one attached hydrogen (secondary N) is 1. The van der Waals surface area contributed by atoms with E-state index in [0.29, 0.717) is 35.9 Å². The molecule has 0 bridgehead atoms. The second kappa shape index (κ2) is 10.6. The van der Waals surface area contributed by atoms with Gasteiger partial charge in [-0.1, -0.05) is 23.7 Å². The maximum atomic E-state index is 12.2. The van der Waals surface area contributed by atoms with Crippen LogP contribution in [0.1, 0.15) is 18.4 Å². The van der Waals surface area contributed by atoms with Gasteiger partial charge in [-0.2, -0.15) is 0 Å². The van der Waals surface area contributed by atoms with Crippen molar-refractivity contribution in [3.05, 3.63) is 53.1 Å². The van der Waals surface area contributed by atoms with Crippen molar-refractivity contribution in [2.75, 3.05) is 32.6 Å². The summed E-state index contributed by atoms with van der Waals surface area (Å²) in [5.41, 5.74) is 1.59. The highest BCUT2D eigenvalue weighted by Crippen LogP contribution is 2.27. The summed E-state index contributed by atoms with van der Waals surface area (Å²) in [7, 11) is 3.10. The Labute approximate surface area is 170 Å². The molecule has 0 spiro atoms. The van der Waals surface area contributed by atoms with Gasteiger partial charge in [0.05, 0.1) is 25.9 Å². The monoisotopic (exact) mass is 404 g/mol. The molecular weight excluding hydrogens is 380 g/mol. The Morgan fingerprint density at radius 2 is 1.96 bits per heavy atom. The summed E-state index contributed by atoms with van der Waals surface area (Å²) in [5, 5.41) is 3.20. The predicted octanol–water partition coefficient (Wildman–Crippen LogP) is 3.91. The fourth-order valence-electron chi connectivity index (χ4n) is 2.58. The molecule has 2 aromatic carbocycles. The zero-order chi connectivity index (χ0) is 20.5. The third-order valence-corrected chi connectivity index (χ3v) is 4.27. The van der Waals surface area contributed by atoms with Crippen molar-refractivity contribution < 1.29 is 19.1 Å². The Kier molecular flexibility index (Phi) is 8.14. The number of anilines is 1. The minimum Gasteiger partial charge on any atom is -0.495 e. The van der Waals surface area contributed by atoms with Crippen LogP contribution in [0.15, 0.2) is 42.5 Å². The molecule has 0 heterocycles. The van der Waals surface area contributed by atoms with Crippen LogP contribution in [0.25, 0.3) is 0 Å². The summed E-state index contributed by atoms with van der Waals surface area (Å²) in [6.07, 6.45) is 0.872. The number of hydrogen-bond acceptors (Lipinski definition) is 4. The summed E-state index contributed by atoms with van der Waals surface area (Å²) >= 11 is 5.95. The molecular formula is C21H25ClN2O4. The summed E-state index contributed by atoms with van der Waals surface area (Å²) in [6.45, 7) is 2.37. The minimum atomic E-state index is -0.326. The molecule has 2 amide bonds. The normalized spacial score (nSPS) is 10.3. The Balaban J connectivity index is 1.75. The van der Waals surface area contributed by atoms with Crippen molar-refractivity contribution in [2.45, 2.75) is 19.8 Å². The first-order valence-corrected chi connectivity index (χ1v) is 9.33. The number of aryl methyl sites for hydroxylation is 1. The molecule has 0 fully saturated rings. The predicted molar refractivity (Wildman–Crippen MR) is 110 cm³/mol. The molecule has 1 N–H and O–H groups in total. The van der Waals surface area contributed by atoms with Gasteiger partial charge >= 0.3 is 0 Å². The summed E-state index contributed by atoms with van der Waals surface area (Å²) in [5.74, 6) is 0.837. The Hall–Kier alpha value is -2.73. The van der Waals surface area contributed by atoms with Crippen molar-refractivity contribution in [1.29, 1.82) is 0 Å². The minimum absolute atomic E-state index is 0.0623. The number of ether oxygens (including phenoxy) is 2. The van der Waals surface area contributed by atoms with Gasteiger partial charge in [-0.25, -0.2) is 0 Å². The Morgan fingerprint density at radius 3 is 2.68 bits per heavy atom. The van der Waals surface area contributed by atoms with Crippen molar-refractivity contribution in [3.63, 3.8) is 0 Å². The van der Waals surface area contributed by atoms with Crippen LogP contribution < -0.4 is 14.8 Å². The number of benzene rings is 2. The number of halogens is 1. The van der Waals surface area contributed by atoms with Crippen LogP contribution in [0, 0.1) is 6.92 Å². The van der Waals surface area contributed by atoms with E-state index in [-0.39, 0.29) is 18.4 Å². The molecule has 6 nitrogen and oxygen atoms in total. The van der Waals surface area contributed by atoms with Crippen LogP contribution in [0.3, 0.4) is 0 Å². The summed E-state index contributed by atoms with van der Waals surface area (Å²) < 4.78 is 10.8. The molecule has 0 unspecified atom stereocenters. The summed E-state index contributed by atoms with van der Waals surface area (Å²) in [6, 6.07) is 12.7. The van der Waals surface area contributed by atoms with Crippen LogP contribution in [-0.2, 0) is 9.59 Å². The number of likely N-dealkylation sites (N-methyl/N-ethyl adjacent to an activating group) is 1. The van der Waals surface area contributed by atoms with Crippen molar-refractivity contribution in [2.24, 2.45) is 0 Å². The van der Waals surface area contributed by atoms with Gasteiger partial charge in [0.25, 0.3) is 0 Å². The number of rotatable bonds is 9. The topological polar surface area (TPSA) is 67.9 Å². The second-order valence-electron chi connectivity index (χ2n) is 6.41. The van der Waals surface area contributed by atoms with Gasteiger partial charge in [0, 0.05) is 18.5 Å². The van der Waals surface area contributed by atoms with E-state index >= 15 is 0 Å². The average molecular weight is 405 g/mol. The molecule has 2 aromatic rings. The lowest BCUT2D eigenvalue weighted by Crippen LogP contribution is -2.35. The van der Waals surface area contributed by atoms with E-state index in [2.05, 4.69) is 5.32 Å². The molecule has 150 valence electrons. The maximum absolute atomic E-state index is 12.2. The number of carbonyl (C=O) groups excluding carboxylic acids is 2. The van der Waals surface area contributed by atoms with Gasteiger partial charge in [0.15, 0.2) is 0 Å². The van der Waals surface area contributed by atoms with Gasteiger partial charge in [0.1, 0.15) is 11.5 Å². The standard InChI is InChI=1S/C21H25ClN2O4/c1-15-6-4-7-17(12-15)28-11-5-8-21(26)24(2)14-20(25)23-18-13-16(22)9-10-19(18)27-3/h4,6-7,9-10,12-13H,5,8,11,14H2,1-3H3,(H,23,25). The van der Waals surface area contributed by atoms with Crippen molar-refractivity contribution >= 4 is 29.1 Å². The first kappa shape index (κ1) is 21.6. The molecule has 0 radical (unpaired) electrons. The number of nitrogens with zero attached hydrogens (tertiary/aromatic N) is 1. The highest BCUT2D eigenvalue weighted by Gasteiger charge is 2.14. The first-order chi connectivity index (χ1) is 13.4. The van der Waals surface area contributed by atoms with E-state index in [1.807, 2.05) is 31.2 Å². The lowest BCUT2D eigenvalue weighted by Gasteiger charge is -2.17. The van der Waals surface area contributed by atoms with E-state index < -0.39 is 0 Å². The zero-order valence-electron chi connectivity index (χ0n) is 16.3. The molecule has 0 aliphatic carbocycles. The van der Waals surface area contributed by atoms with Crippen LogP contribution in [0.5, 0.6) is 11.5 Å². The van der Waals surface area contributed by atoms with E-state index in [4.69, 9.17) is 21.1 Å². The van der Waals surface area contributed by atoms with Crippen LogP contribution in [0.2, 0.25) is 5.02 Å². The Morgan fingerprint density at radius 1 is 1.18 bits per heavy atom. The highest BCUT2D eigenvalue weighted by atomic mass is 35.5. The molecule has 7 heteroatoms. The zero-order valence-corrected chi connectivity index (χ0v) is 17.1. The number of methoxy groups -OCH3 is 1. The molecule has 0 aromatic heterocycles. The Bertz CT molecular complexity index is 826. The van der Waals surface area contributed by atoms with Gasteiger partial charge < -0.3 is 19.7 Å². The van der Waals surface area contributed by atoms with E-state index in [9.17, 15) is 9.59 Å². The average Bonchev–Trinajstić information content (AvgIpc) is 2.65. The maximum Gasteiger partial charge on any atom is 0.244 e. The van der Waals surface area contributed by atoms with Crippen LogP contribution >= 0.6 is 11.6 Å². The van der Waals surface area contributed by atoms with Crippen molar-refractivity contribution in [1.82, 2.24) is 4.90 Å². The largest absolute Gasteiger partial charge is 0.495 e. The molecule has 0 atom stereocenters. The van der Waals surface area contributed by atoms with Crippen LogP contribution in [0.4, 0.5) is 5.69 Å². The van der Waals surface area contributed by atoms with Gasteiger partial charge in [-0.3, -0.25) is 9.59 Å². The number of hydrogen-bond donors (Lipinski definition) is 1. The fourth-order valence-corrected chi connectivity index (χ4v) is 2.75. The van der Waals surface area contributed by atoms with E-state index in [1.54, 1.807) is 25.2 Å². The smallest absolute Gasteiger partial charge is 0.244 e. The highest BCUT2D eigenvalue weighted by molar-refractivity contribution is 6.31. The molecule has 0 saturated carbocycles. The van der Waals surface area contributed by atoms with Gasteiger partial charge in [-0.05, 0) is 49.2 Å². The lowest BCUT2D eigenvalue weighted by atomic mass is 10.2. The third kappa shape index (κ3) is 6.78.